The van der Waals surface area contributed by atoms with Gasteiger partial charge < -0.3 is 5.11 Å². The third-order valence-electron chi connectivity index (χ3n) is 3.29. The van der Waals surface area contributed by atoms with Crippen LogP contribution < -0.4 is 5.69 Å². The molecule has 0 bridgehead atoms. The largest absolute Gasteiger partial charge is 0.477 e. The summed E-state index contributed by atoms with van der Waals surface area (Å²) in [5.41, 5.74) is 0.493. The van der Waals surface area contributed by atoms with Crippen LogP contribution in [0.2, 0.25) is 0 Å². The van der Waals surface area contributed by atoms with Gasteiger partial charge in [-0.2, -0.15) is 5.10 Å². The number of aryl methyl sites for hydroxylation is 1. The molecule has 0 fully saturated rings. The van der Waals surface area contributed by atoms with Crippen LogP contribution in [-0.2, 0) is 19.5 Å². The second-order valence-corrected chi connectivity index (χ2v) is 5.46. The summed E-state index contributed by atoms with van der Waals surface area (Å²) < 4.78 is 3.06. The van der Waals surface area contributed by atoms with Crippen molar-refractivity contribution in [1.82, 2.24) is 14.3 Å². The van der Waals surface area contributed by atoms with E-state index in [2.05, 4.69) is 5.10 Å². The van der Waals surface area contributed by atoms with E-state index in [-0.39, 0.29) is 17.1 Å². The minimum Gasteiger partial charge on any atom is -0.477 e. The molecule has 0 atom stereocenters. The Morgan fingerprint density at radius 2 is 2.32 bits per heavy atom. The molecule has 19 heavy (non-hydrogen) atoms. The highest BCUT2D eigenvalue weighted by Crippen LogP contribution is 2.17. The van der Waals surface area contributed by atoms with E-state index >= 15 is 0 Å². The van der Waals surface area contributed by atoms with Crippen molar-refractivity contribution >= 4 is 17.3 Å². The maximum atomic E-state index is 12.1. The zero-order chi connectivity index (χ0) is 13.4. The van der Waals surface area contributed by atoms with Gasteiger partial charge in [0, 0.05) is 13.0 Å². The monoisotopic (exact) mass is 279 g/mol. The molecule has 1 aliphatic rings. The Morgan fingerprint density at radius 1 is 1.47 bits per heavy atom. The van der Waals surface area contributed by atoms with E-state index in [1.807, 2.05) is 0 Å². The van der Waals surface area contributed by atoms with Crippen LogP contribution in [-0.4, -0.2) is 25.4 Å². The van der Waals surface area contributed by atoms with Gasteiger partial charge in [0.15, 0.2) is 0 Å². The molecule has 0 saturated carbocycles. The minimum absolute atomic E-state index is 0.141. The number of fused-ring (bicyclic) bond motifs is 1. The summed E-state index contributed by atoms with van der Waals surface area (Å²) in [6, 6.07) is 1.74. The zero-order valence-corrected chi connectivity index (χ0v) is 11.0. The molecule has 0 radical (unpaired) electrons. The van der Waals surface area contributed by atoms with Crippen LogP contribution in [0.15, 0.2) is 16.2 Å². The highest BCUT2D eigenvalue weighted by molar-refractivity contribution is 7.12. The normalized spacial score (nSPS) is 14.3. The molecule has 7 heteroatoms. The number of aromatic carboxylic acids is 1. The summed E-state index contributed by atoms with van der Waals surface area (Å²) in [6.45, 7) is 0.938. The van der Waals surface area contributed by atoms with Crippen molar-refractivity contribution in [2.24, 2.45) is 0 Å². The predicted molar refractivity (Wildman–Crippen MR) is 69.8 cm³/mol. The molecule has 0 saturated heterocycles. The van der Waals surface area contributed by atoms with E-state index in [9.17, 15) is 9.59 Å². The molecule has 0 aliphatic carbocycles. The summed E-state index contributed by atoms with van der Waals surface area (Å²) in [6.07, 6.45) is 2.87. The molecule has 3 heterocycles. The maximum Gasteiger partial charge on any atom is 0.346 e. The number of carboxylic acids is 1. The fourth-order valence-electron chi connectivity index (χ4n) is 2.36. The Hall–Kier alpha value is -1.89. The quantitative estimate of drug-likeness (QED) is 0.915. The van der Waals surface area contributed by atoms with Crippen molar-refractivity contribution in [3.8, 4) is 0 Å². The predicted octanol–water partition coefficient (Wildman–Crippen LogP) is 1.19. The average Bonchev–Trinajstić information content (AvgIpc) is 2.97. The lowest BCUT2D eigenvalue weighted by Crippen LogP contribution is -2.27. The van der Waals surface area contributed by atoms with Gasteiger partial charge in [-0.25, -0.2) is 14.3 Å². The lowest BCUT2D eigenvalue weighted by Gasteiger charge is -2.09. The topological polar surface area (TPSA) is 77.1 Å². The first kappa shape index (κ1) is 12.2. The molecule has 6 nitrogen and oxygen atoms in total. The standard InChI is InChI=1S/C12H13N3O3S/c16-11(17)10-8(4-6-19-10)7-15-12(18)14-5-2-1-3-9(14)13-15/h4,6H,1-3,5,7H2,(H,16,17). The molecular weight excluding hydrogens is 266 g/mol. The number of rotatable bonds is 3. The number of nitrogens with zero attached hydrogens (tertiary/aromatic N) is 3. The number of hydrogen-bond acceptors (Lipinski definition) is 4. The molecule has 0 spiro atoms. The zero-order valence-electron chi connectivity index (χ0n) is 10.2. The first-order valence-corrected chi connectivity index (χ1v) is 7.01. The highest BCUT2D eigenvalue weighted by Gasteiger charge is 2.18. The van der Waals surface area contributed by atoms with Gasteiger partial charge in [-0.3, -0.25) is 4.57 Å². The van der Waals surface area contributed by atoms with Crippen LogP contribution in [0.1, 0.15) is 33.9 Å². The third kappa shape index (κ3) is 2.10. The molecule has 0 amide bonds. The number of carboxylic acid groups (broad SMARTS) is 1. The average molecular weight is 279 g/mol. The van der Waals surface area contributed by atoms with Gasteiger partial charge in [0.25, 0.3) is 0 Å². The number of carbonyl (C=O) groups is 1. The summed E-state index contributed by atoms with van der Waals surface area (Å²) in [5, 5.41) is 15.1. The summed E-state index contributed by atoms with van der Waals surface area (Å²) in [7, 11) is 0. The summed E-state index contributed by atoms with van der Waals surface area (Å²) >= 11 is 1.17. The van der Waals surface area contributed by atoms with Gasteiger partial charge >= 0.3 is 11.7 Å². The summed E-state index contributed by atoms with van der Waals surface area (Å²) in [5.74, 6) is -0.148. The number of aromatic nitrogens is 3. The lowest BCUT2D eigenvalue weighted by molar-refractivity contribution is 0.0701. The molecule has 2 aromatic rings. The maximum absolute atomic E-state index is 12.1. The smallest absolute Gasteiger partial charge is 0.346 e. The van der Waals surface area contributed by atoms with Crippen molar-refractivity contribution < 1.29 is 9.90 Å². The van der Waals surface area contributed by atoms with Crippen molar-refractivity contribution in [2.45, 2.75) is 32.4 Å². The number of thiophene rings is 1. The van der Waals surface area contributed by atoms with Crippen molar-refractivity contribution in [3.63, 3.8) is 0 Å². The van der Waals surface area contributed by atoms with Gasteiger partial charge in [-0.15, -0.1) is 11.3 Å². The van der Waals surface area contributed by atoms with Gasteiger partial charge in [-0.05, 0) is 29.9 Å². The Kier molecular flexibility index (Phi) is 2.98. The van der Waals surface area contributed by atoms with E-state index < -0.39 is 5.97 Å². The van der Waals surface area contributed by atoms with E-state index in [4.69, 9.17) is 5.11 Å². The molecule has 0 aromatic carbocycles. The fourth-order valence-corrected chi connectivity index (χ4v) is 3.11. The molecule has 1 N–H and O–H groups in total. The second kappa shape index (κ2) is 4.65. The van der Waals surface area contributed by atoms with Crippen molar-refractivity contribution in [1.29, 1.82) is 0 Å². The summed E-state index contributed by atoms with van der Waals surface area (Å²) in [4.78, 5) is 23.5. The van der Waals surface area contributed by atoms with E-state index in [1.165, 1.54) is 16.0 Å². The Balaban J connectivity index is 1.96. The fraction of sp³-hybridized carbons (Fsp3) is 0.417. The van der Waals surface area contributed by atoms with Crippen LogP contribution in [0.25, 0.3) is 0 Å². The Morgan fingerprint density at radius 3 is 3.05 bits per heavy atom. The molecule has 3 rings (SSSR count). The van der Waals surface area contributed by atoms with Crippen LogP contribution >= 0.6 is 11.3 Å². The Bertz CT molecular complexity index is 683. The molecule has 2 aromatic heterocycles. The molecule has 0 unspecified atom stereocenters. The third-order valence-corrected chi connectivity index (χ3v) is 4.24. The minimum atomic E-state index is -0.956. The van der Waals surface area contributed by atoms with Crippen LogP contribution in [0.3, 0.4) is 0 Å². The molecular formula is C12H13N3O3S. The molecule has 100 valence electrons. The second-order valence-electron chi connectivity index (χ2n) is 4.55. The van der Waals surface area contributed by atoms with Crippen molar-refractivity contribution in [2.75, 3.05) is 0 Å². The Labute approximate surface area is 112 Å². The molecule has 1 aliphatic heterocycles. The van der Waals surface area contributed by atoms with Gasteiger partial charge in [0.1, 0.15) is 10.7 Å². The van der Waals surface area contributed by atoms with Gasteiger partial charge in [0.05, 0.1) is 6.54 Å². The SMILES string of the molecule is O=C(O)c1sccc1Cn1nc2n(c1=O)CCCC2. The highest BCUT2D eigenvalue weighted by atomic mass is 32.1. The van der Waals surface area contributed by atoms with Gasteiger partial charge in [-0.1, -0.05) is 0 Å². The van der Waals surface area contributed by atoms with E-state index in [0.29, 0.717) is 12.1 Å². The first-order chi connectivity index (χ1) is 9.16. The van der Waals surface area contributed by atoms with Gasteiger partial charge in [0.2, 0.25) is 0 Å². The van der Waals surface area contributed by atoms with Crippen molar-refractivity contribution in [3.05, 3.63) is 38.2 Å². The van der Waals surface area contributed by atoms with E-state index in [0.717, 1.165) is 25.1 Å². The first-order valence-electron chi connectivity index (χ1n) is 6.13. The van der Waals surface area contributed by atoms with E-state index in [1.54, 1.807) is 16.0 Å². The van der Waals surface area contributed by atoms with Crippen LogP contribution in [0, 0.1) is 0 Å². The lowest BCUT2D eigenvalue weighted by atomic mass is 10.2. The van der Waals surface area contributed by atoms with Crippen LogP contribution in [0.5, 0.6) is 0 Å². The van der Waals surface area contributed by atoms with Crippen LogP contribution in [0.4, 0.5) is 0 Å². The number of hydrogen-bond donors (Lipinski definition) is 1.